The minimum atomic E-state index is 0.0454. The largest absolute Gasteiger partial charge is 0.506 e. The van der Waals surface area contributed by atoms with Crippen LogP contribution in [-0.4, -0.2) is 15.2 Å². The molecule has 2 N–H and O–H groups in total. The summed E-state index contributed by atoms with van der Waals surface area (Å²) >= 11 is 0. The summed E-state index contributed by atoms with van der Waals surface area (Å²) in [6, 6.07) is 14.5. The Morgan fingerprint density at radius 2 is 1.74 bits per heavy atom. The standard InChI is InChI=1S/C17H16N4O2/c1-12-8-9-16(22)15(10-12)18-19-17-13(2)11-20(21(17)23)14-6-4-3-5-7-14/h3-11,23H,1-2H3/p+1. The number of aromatic nitrogens is 2. The summed E-state index contributed by atoms with van der Waals surface area (Å²) in [6.07, 6.45) is 1.76. The smallest absolute Gasteiger partial charge is 0.262 e. The molecule has 0 radical (unpaired) electrons. The van der Waals surface area contributed by atoms with E-state index in [1.807, 2.05) is 44.2 Å². The Balaban J connectivity index is 2.00. The minimum Gasteiger partial charge on any atom is -0.506 e. The van der Waals surface area contributed by atoms with E-state index in [0.717, 1.165) is 21.7 Å². The van der Waals surface area contributed by atoms with E-state index in [4.69, 9.17) is 0 Å². The number of nitrogens with zero attached hydrogens (tertiary/aromatic N) is 4. The number of azo groups is 1. The van der Waals surface area contributed by atoms with Crippen LogP contribution in [0.3, 0.4) is 0 Å². The Bertz CT molecular complexity index is 870. The predicted octanol–water partition coefficient (Wildman–Crippen LogP) is 3.74. The summed E-state index contributed by atoms with van der Waals surface area (Å²) in [6.45, 7) is 3.73. The molecule has 0 fully saturated rings. The van der Waals surface area contributed by atoms with Crippen LogP contribution in [0.4, 0.5) is 11.5 Å². The second-order valence-corrected chi connectivity index (χ2v) is 5.30. The highest BCUT2D eigenvalue weighted by Crippen LogP contribution is 2.29. The highest BCUT2D eigenvalue weighted by molar-refractivity contribution is 5.52. The molecule has 1 aromatic heterocycles. The topological polar surface area (TPSA) is 74.0 Å². The number of para-hydroxylation sites is 1. The molecular formula is C17H17N4O2+. The second-order valence-electron chi connectivity index (χ2n) is 5.30. The zero-order valence-electron chi connectivity index (χ0n) is 12.9. The summed E-state index contributed by atoms with van der Waals surface area (Å²) in [4.78, 5) is 0.932. The average molecular weight is 309 g/mol. The van der Waals surface area contributed by atoms with Crippen LogP contribution in [0, 0.1) is 13.8 Å². The minimum absolute atomic E-state index is 0.0454. The lowest BCUT2D eigenvalue weighted by molar-refractivity contribution is -0.715. The Morgan fingerprint density at radius 3 is 2.48 bits per heavy atom. The Hall–Kier alpha value is -3.15. The fraction of sp³-hybridized carbons (Fsp3) is 0.118. The SMILES string of the molecule is Cc1ccc(O)c(N=Nc2c(C)c[n+](-c3ccccc3)n2O)c1. The molecule has 0 unspecified atom stereocenters. The molecule has 0 aliphatic carbocycles. The first kappa shape index (κ1) is 14.8. The average Bonchev–Trinajstić information content (AvgIpc) is 2.84. The number of aromatic hydroxyl groups is 1. The van der Waals surface area contributed by atoms with E-state index in [2.05, 4.69) is 10.2 Å². The van der Waals surface area contributed by atoms with Crippen molar-refractivity contribution in [3.8, 4) is 11.4 Å². The van der Waals surface area contributed by atoms with Crippen LogP contribution in [0.1, 0.15) is 11.1 Å². The third-order valence-corrected chi connectivity index (χ3v) is 3.47. The van der Waals surface area contributed by atoms with Gasteiger partial charge in [0.15, 0.2) is 0 Å². The molecule has 2 aromatic carbocycles. The van der Waals surface area contributed by atoms with Crippen molar-refractivity contribution in [2.45, 2.75) is 13.8 Å². The fourth-order valence-corrected chi connectivity index (χ4v) is 2.25. The molecule has 6 heteroatoms. The number of aryl methyl sites for hydroxylation is 2. The lowest BCUT2D eigenvalue weighted by atomic mass is 10.2. The first-order chi connectivity index (χ1) is 11.1. The van der Waals surface area contributed by atoms with Gasteiger partial charge in [0.25, 0.3) is 5.82 Å². The summed E-state index contributed by atoms with van der Waals surface area (Å²) < 4.78 is 1.57. The highest BCUT2D eigenvalue weighted by atomic mass is 16.5. The van der Waals surface area contributed by atoms with Crippen molar-refractivity contribution in [1.29, 1.82) is 0 Å². The van der Waals surface area contributed by atoms with Crippen LogP contribution >= 0.6 is 0 Å². The maximum absolute atomic E-state index is 10.3. The number of phenols is 1. The van der Waals surface area contributed by atoms with E-state index in [-0.39, 0.29) is 5.75 Å². The van der Waals surface area contributed by atoms with Crippen molar-refractivity contribution in [2.75, 3.05) is 0 Å². The molecule has 0 saturated carbocycles. The summed E-state index contributed by atoms with van der Waals surface area (Å²) in [5, 5.41) is 28.3. The normalized spacial score (nSPS) is 11.2. The van der Waals surface area contributed by atoms with E-state index >= 15 is 0 Å². The molecule has 3 aromatic rings. The molecule has 0 saturated heterocycles. The Labute approximate surface area is 133 Å². The van der Waals surface area contributed by atoms with Gasteiger partial charge in [-0.3, -0.25) is 0 Å². The zero-order chi connectivity index (χ0) is 16.4. The van der Waals surface area contributed by atoms with Crippen LogP contribution in [0.25, 0.3) is 5.69 Å². The number of phenolic OH excluding ortho intramolecular Hbond substituents is 1. The van der Waals surface area contributed by atoms with Gasteiger partial charge in [-0.1, -0.05) is 24.3 Å². The van der Waals surface area contributed by atoms with Crippen LogP contribution in [0.15, 0.2) is 65.0 Å². The number of hydrogen-bond acceptors (Lipinski definition) is 4. The van der Waals surface area contributed by atoms with Crippen LogP contribution in [0.5, 0.6) is 5.75 Å². The quantitative estimate of drug-likeness (QED) is 0.439. The molecule has 0 spiro atoms. The number of hydrogen-bond donors (Lipinski definition) is 2. The number of benzene rings is 2. The first-order valence-electron chi connectivity index (χ1n) is 7.16. The molecule has 0 bridgehead atoms. The summed E-state index contributed by atoms with van der Waals surface area (Å²) in [7, 11) is 0. The molecule has 0 aliphatic heterocycles. The molecule has 116 valence electrons. The van der Waals surface area contributed by atoms with Gasteiger partial charge in [0.1, 0.15) is 11.4 Å². The van der Waals surface area contributed by atoms with E-state index in [1.54, 1.807) is 29.1 Å². The lowest BCUT2D eigenvalue weighted by Crippen LogP contribution is -2.38. The molecule has 3 rings (SSSR count). The van der Waals surface area contributed by atoms with Crippen molar-refractivity contribution in [3.05, 3.63) is 65.9 Å². The van der Waals surface area contributed by atoms with Gasteiger partial charge >= 0.3 is 0 Å². The molecule has 23 heavy (non-hydrogen) atoms. The third-order valence-electron chi connectivity index (χ3n) is 3.47. The zero-order valence-corrected chi connectivity index (χ0v) is 12.9. The van der Waals surface area contributed by atoms with E-state index in [9.17, 15) is 10.3 Å². The molecule has 6 nitrogen and oxygen atoms in total. The van der Waals surface area contributed by atoms with Crippen LogP contribution in [-0.2, 0) is 0 Å². The highest BCUT2D eigenvalue weighted by Gasteiger charge is 2.21. The molecule has 0 aliphatic rings. The first-order valence-corrected chi connectivity index (χ1v) is 7.16. The lowest BCUT2D eigenvalue weighted by Gasteiger charge is -1.99. The van der Waals surface area contributed by atoms with Crippen molar-refractivity contribution in [3.63, 3.8) is 0 Å². The van der Waals surface area contributed by atoms with Gasteiger partial charge in [-0.2, -0.15) is 0 Å². The summed E-state index contributed by atoms with van der Waals surface area (Å²) in [5.74, 6) is 0.346. The summed E-state index contributed by atoms with van der Waals surface area (Å²) in [5.41, 5.74) is 2.88. The van der Waals surface area contributed by atoms with Gasteiger partial charge < -0.3 is 10.3 Å². The van der Waals surface area contributed by atoms with Crippen molar-refractivity contribution >= 4 is 11.5 Å². The molecule has 0 amide bonds. The van der Waals surface area contributed by atoms with E-state index in [1.165, 1.54) is 0 Å². The van der Waals surface area contributed by atoms with Crippen molar-refractivity contribution in [2.24, 2.45) is 10.2 Å². The molecule has 0 atom stereocenters. The fourth-order valence-electron chi connectivity index (χ4n) is 2.25. The molecule has 1 heterocycles. The predicted molar refractivity (Wildman–Crippen MR) is 84.9 cm³/mol. The maximum Gasteiger partial charge on any atom is 0.262 e. The van der Waals surface area contributed by atoms with E-state index in [0.29, 0.717) is 11.5 Å². The van der Waals surface area contributed by atoms with Gasteiger partial charge in [-0.25, -0.2) is 0 Å². The van der Waals surface area contributed by atoms with Crippen LogP contribution < -0.4 is 4.68 Å². The number of rotatable bonds is 3. The van der Waals surface area contributed by atoms with Gasteiger partial charge in [-0.05, 0) is 36.2 Å². The van der Waals surface area contributed by atoms with Gasteiger partial charge in [0.2, 0.25) is 11.9 Å². The maximum atomic E-state index is 10.3. The van der Waals surface area contributed by atoms with Crippen LogP contribution in [0.2, 0.25) is 0 Å². The third kappa shape index (κ3) is 2.91. The van der Waals surface area contributed by atoms with Crippen molar-refractivity contribution < 1.29 is 15.0 Å². The second kappa shape index (κ2) is 5.92. The van der Waals surface area contributed by atoms with E-state index < -0.39 is 0 Å². The monoisotopic (exact) mass is 309 g/mol. The Morgan fingerprint density at radius 1 is 1.00 bits per heavy atom. The molecular weight excluding hydrogens is 292 g/mol. The van der Waals surface area contributed by atoms with Crippen molar-refractivity contribution in [1.82, 2.24) is 4.85 Å². The Kier molecular flexibility index (Phi) is 3.80. The van der Waals surface area contributed by atoms with Gasteiger partial charge in [-0.15, -0.1) is 10.2 Å². The van der Waals surface area contributed by atoms with Gasteiger partial charge in [0, 0.05) is 17.0 Å². The van der Waals surface area contributed by atoms with Gasteiger partial charge in [0.05, 0.1) is 5.56 Å².